The quantitative estimate of drug-likeness (QED) is 0.597. The van der Waals surface area contributed by atoms with Crippen LogP contribution in [0.15, 0.2) is 40.2 Å². The molecule has 0 radical (unpaired) electrons. The highest BCUT2D eigenvalue weighted by Crippen LogP contribution is 2.12. The van der Waals surface area contributed by atoms with Crippen molar-refractivity contribution in [2.24, 2.45) is 14.1 Å². The van der Waals surface area contributed by atoms with Gasteiger partial charge in [0, 0.05) is 26.3 Å². The SMILES string of the molecule is Cc1ccccc1NC(=O)COC(=O)CCn1cnc2c1c(=O)n(C)c(=O)n2C. The number of carbonyl (C=O) groups excluding carboxylic acids is 2. The van der Waals surface area contributed by atoms with E-state index in [0.717, 1.165) is 10.1 Å². The van der Waals surface area contributed by atoms with Crippen LogP contribution in [0.1, 0.15) is 12.0 Å². The van der Waals surface area contributed by atoms with E-state index in [1.807, 2.05) is 19.1 Å². The second-order valence-electron chi connectivity index (χ2n) is 6.59. The minimum atomic E-state index is -0.589. The van der Waals surface area contributed by atoms with Gasteiger partial charge in [-0.05, 0) is 18.6 Å². The molecule has 10 nitrogen and oxygen atoms in total. The number of anilines is 1. The maximum atomic E-state index is 12.4. The molecule has 0 saturated heterocycles. The summed E-state index contributed by atoms with van der Waals surface area (Å²) >= 11 is 0. The van der Waals surface area contributed by atoms with Gasteiger partial charge in [-0.1, -0.05) is 18.2 Å². The van der Waals surface area contributed by atoms with Crippen LogP contribution in [0.4, 0.5) is 5.69 Å². The van der Waals surface area contributed by atoms with Crippen molar-refractivity contribution in [1.82, 2.24) is 18.7 Å². The van der Waals surface area contributed by atoms with Gasteiger partial charge < -0.3 is 14.6 Å². The largest absolute Gasteiger partial charge is 0.456 e. The van der Waals surface area contributed by atoms with Crippen molar-refractivity contribution in [3.63, 3.8) is 0 Å². The molecule has 1 aromatic carbocycles. The number of imidazole rings is 1. The highest BCUT2D eigenvalue weighted by atomic mass is 16.5. The molecule has 10 heteroatoms. The molecule has 3 aromatic rings. The standard InChI is InChI=1S/C19H21N5O5/c1-12-6-4-5-7-13(12)21-14(25)10-29-15(26)8-9-24-11-20-17-16(24)18(27)23(3)19(28)22(17)2/h4-7,11H,8-10H2,1-3H3,(H,21,25). The third-order valence-electron chi connectivity index (χ3n) is 4.56. The van der Waals surface area contributed by atoms with Gasteiger partial charge >= 0.3 is 11.7 Å². The summed E-state index contributed by atoms with van der Waals surface area (Å²) in [5, 5.41) is 2.68. The van der Waals surface area contributed by atoms with E-state index in [1.165, 1.54) is 29.6 Å². The van der Waals surface area contributed by atoms with Crippen molar-refractivity contribution in [2.75, 3.05) is 11.9 Å². The maximum Gasteiger partial charge on any atom is 0.332 e. The normalized spacial score (nSPS) is 10.9. The summed E-state index contributed by atoms with van der Waals surface area (Å²) in [6, 6.07) is 7.27. The van der Waals surface area contributed by atoms with E-state index in [9.17, 15) is 19.2 Å². The summed E-state index contributed by atoms with van der Waals surface area (Å²) in [5.41, 5.74) is 1.04. The Labute approximate surface area is 165 Å². The van der Waals surface area contributed by atoms with Gasteiger partial charge in [-0.25, -0.2) is 9.78 Å². The fourth-order valence-electron chi connectivity index (χ4n) is 2.90. The first-order valence-corrected chi connectivity index (χ1v) is 8.91. The smallest absolute Gasteiger partial charge is 0.332 e. The molecule has 0 saturated carbocycles. The number of aryl methyl sites for hydroxylation is 3. The molecule has 0 atom stereocenters. The molecule has 0 spiro atoms. The van der Waals surface area contributed by atoms with Gasteiger partial charge in [0.25, 0.3) is 11.5 Å². The average Bonchev–Trinajstić information content (AvgIpc) is 3.13. The molecular formula is C19H21N5O5. The van der Waals surface area contributed by atoms with Gasteiger partial charge in [-0.15, -0.1) is 0 Å². The average molecular weight is 399 g/mol. The summed E-state index contributed by atoms with van der Waals surface area (Å²) in [5.74, 6) is -1.03. The fourth-order valence-corrected chi connectivity index (χ4v) is 2.90. The van der Waals surface area contributed by atoms with Crippen LogP contribution in [0.3, 0.4) is 0 Å². The first-order valence-electron chi connectivity index (χ1n) is 8.91. The minimum Gasteiger partial charge on any atom is -0.456 e. The molecule has 0 bridgehead atoms. The van der Waals surface area contributed by atoms with Crippen LogP contribution in [0.2, 0.25) is 0 Å². The van der Waals surface area contributed by atoms with Gasteiger partial charge in [0.1, 0.15) is 0 Å². The fraction of sp³-hybridized carbons (Fsp3) is 0.316. The summed E-state index contributed by atoms with van der Waals surface area (Å²) in [6.07, 6.45) is 1.33. The van der Waals surface area contributed by atoms with Crippen LogP contribution >= 0.6 is 0 Å². The molecule has 0 aliphatic carbocycles. The third-order valence-corrected chi connectivity index (χ3v) is 4.56. The summed E-state index contributed by atoms with van der Waals surface area (Å²) in [6.45, 7) is 1.58. The molecule has 1 N–H and O–H groups in total. The lowest BCUT2D eigenvalue weighted by molar-refractivity contribution is -0.147. The second-order valence-corrected chi connectivity index (χ2v) is 6.59. The number of ether oxygens (including phenoxy) is 1. The Morgan fingerprint density at radius 3 is 2.59 bits per heavy atom. The molecule has 0 aliphatic heterocycles. The van der Waals surface area contributed by atoms with Crippen LogP contribution in [-0.4, -0.2) is 37.2 Å². The van der Waals surface area contributed by atoms with E-state index in [0.29, 0.717) is 5.69 Å². The van der Waals surface area contributed by atoms with Crippen LogP contribution in [0.25, 0.3) is 11.2 Å². The van der Waals surface area contributed by atoms with Gasteiger partial charge in [0.05, 0.1) is 12.7 Å². The van der Waals surface area contributed by atoms with Gasteiger partial charge in [-0.3, -0.25) is 23.5 Å². The highest BCUT2D eigenvalue weighted by molar-refractivity contribution is 5.93. The molecule has 3 rings (SSSR count). The Kier molecular flexibility index (Phi) is 5.62. The Balaban J connectivity index is 1.60. The first-order chi connectivity index (χ1) is 13.8. The Bertz CT molecular complexity index is 1200. The van der Waals surface area contributed by atoms with E-state index in [2.05, 4.69) is 10.3 Å². The van der Waals surface area contributed by atoms with Crippen molar-refractivity contribution in [3.8, 4) is 0 Å². The van der Waals surface area contributed by atoms with Crippen molar-refractivity contribution < 1.29 is 14.3 Å². The highest BCUT2D eigenvalue weighted by Gasteiger charge is 2.15. The number of amides is 1. The summed E-state index contributed by atoms with van der Waals surface area (Å²) in [7, 11) is 2.89. The zero-order chi connectivity index (χ0) is 21.1. The first kappa shape index (κ1) is 20.1. The van der Waals surface area contributed by atoms with E-state index in [4.69, 9.17) is 4.74 Å². The molecule has 0 unspecified atom stereocenters. The van der Waals surface area contributed by atoms with E-state index >= 15 is 0 Å². The summed E-state index contributed by atoms with van der Waals surface area (Å²) < 4.78 is 8.74. The van der Waals surface area contributed by atoms with Crippen LogP contribution < -0.4 is 16.6 Å². The Morgan fingerprint density at radius 1 is 1.14 bits per heavy atom. The second kappa shape index (κ2) is 8.13. The molecule has 0 fully saturated rings. The molecule has 1 amide bonds. The van der Waals surface area contributed by atoms with Crippen LogP contribution in [0.5, 0.6) is 0 Å². The molecule has 29 heavy (non-hydrogen) atoms. The Hall–Kier alpha value is -3.69. The lowest BCUT2D eigenvalue weighted by Gasteiger charge is -2.09. The molecule has 0 aliphatic rings. The molecular weight excluding hydrogens is 378 g/mol. The number of aromatic nitrogens is 4. The summed E-state index contributed by atoms with van der Waals surface area (Å²) in [4.78, 5) is 52.3. The number of fused-ring (bicyclic) bond motifs is 1. The number of hydrogen-bond donors (Lipinski definition) is 1. The number of esters is 1. The molecule has 2 heterocycles. The molecule has 2 aromatic heterocycles. The van der Waals surface area contributed by atoms with Crippen LogP contribution in [0, 0.1) is 6.92 Å². The van der Waals surface area contributed by atoms with E-state index < -0.39 is 29.7 Å². The number of benzene rings is 1. The Morgan fingerprint density at radius 2 is 1.86 bits per heavy atom. The molecule has 152 valence electrons. The number of para-hydroxylation sites is 1. The third kappa shape index (κ3) is 4.10. The zero-order valence-corrected chi connectivity index (χ0v) is 16.3. The van der Waals surface area contributed by atoms with Crippen molar-refractivity contribution in [2.45, 2.75) is 19.9 Å². The topological polar surface area (TPSA) is 117 Å². The number of hydrogen-bond acceptors (Lipinski definition) is 6. The lowest BCUT2D eigenvalue weighted by atomic mass is 10.2. The number of rotatable bonds is 6. The van der Waals surface area contributed by atoms with Crippen molar-refractivity contribution in [3.05, 3.63) is 57.0 Å². The van der Waals surface area contributed by atoms with E-state index in [-0.39, 0.29) is 24.1 Å². The monoisotopic (exact) mass is 399 g/mol. The maximum absolute atomic E-state index is 12.4. The van der Waals surface area contributed by atoms with Gasteiger partial charge in [0.15, 0.2) is 17.8 Å². The zero-order valence-electron chi connectivity index (χ0n) is 16.3. The van der Waals surface area contributed by atoms with Crippen molar-refractivity contribution in [1.29, 1.82) is 0 Å². The number of carbonyl (C=O) groups is 2. The predicted octanol–water partition coefficient (Wildman–Crippen LogP) is 0.314. The van der Waals surface area contributed by atoms with E-state index in [1.54, 1.807) is 12.1 Å². The predicted molar refractivity (Wildman–Crippen MR) is 106 cm³/mol. The lowest BCUT2D eigenvalue weighted by Crippen LogP contribution is -2.37. The minimum absolute atomic E-state index is 0.0604. The van der Waals surface area contributed by atoms with Crippen molar-refractivity contribution >= 4 is 28.7 Å². The number of nitrogens with zero attached hydrogens (tertiary/aromatic N) is 4. The van der Waals surface area contributed by atoms with Crippen LogP contribution in [-0.2, 0) is 35.0 Å². The number of nitrogens with one attached hydrogen (secondary N) is 1. The van der Waals surface area contributed by atoms with Gasteiger partial charge in [0.2, 0.25) is 0 Å². The van der Waals surface area contributed by atoms with Gasteiger partial charge in [-0.2, -0.15) is 0 Å².